The molecule has 44 heavy (non-hydrogen) atoms. The van der Waals surface area contributed by atoms with Crippen molar-refractivity contribution in [3.8, 4) is 11.1 Å². The van der Waals surface area contributed by atoms with E-state index in [1.807, 2.05) is 36.7 Å². The van der Waals surface area contributed by atoms with Crippen molar-refractivity contribution in [1.29, 1.82) is 0 Å². The molecule has 0 amide bonds. The Bertz CT molecular complexity index is 1660. The van der Waals surface area contributed by atoms with E-state index < -0.39 is 0 Å². The van der Waals surface area contributed by atoms with Gasteiger partial charge in [0.1, 0.15) is 0 Å². The largest absolute Gasteiger partial charge is 0.405 e. The highest BCUT2D eigenvalue weighted by atomic mass is 14.9. The Morgan fingerprint density at radius 3 is 2.16 bits per heavy atom. The maximum absolute atomic E-state index is 4.61. The van der Waals surface area contributed by atoms with Gasteiger partial charge in [0.15, 0.2) is 0 Å². The molecular formula is C40H48N4. The summed E-state index contributed by atoms with van der Waals surface area (Å²) in [5.74, 6) is 0. The monoisotopic (exact) mass is 584 g/mol. The van der Waals surface area contributed by atoms with Crippen LogP contribution in [0.25, 0.3) is 21.9 Å². The van der Waals surface area contributed by atoms with Crippen molar-refractivity contribution in [1.82, 2.24) is 9.97 Å². The summed E-state index contributed by atoms with van der Waals surface area (Å²) in [7, 11) is 0. The molecule has 0 atom stereocenters. The maximum Gasteiger partial charge on any atom is 0.0464 e. The minimum Gasteiger partial charge on any atom is -0.405 e. The van der Waals surface area contributed by atoms with Crippen LogP contribution in [0.2, 0.25) is 0 Å². The van der Waals surface area contributed by atoms with E-state index >= 15 is 0 Å². The Hall–Kier alpha value is -4.70. The second-order valence-electron chi connectivity index (χ2n) is 11.8. The van der Waals surface area contributed by atoms with Crippen LogP contribution in [-0.4, -0.2) is 9.97 Å². The number of aryl methyl sites for hydroxylation is 4. The van der Waals surface area contributed by atoms with Gasteiger partial charge in [-0.15, -0.1) is 6.58 Å². The van der Waals surface area contributed by atoms with Gasteiger partial charge in [0, 0.05) is 46.1 Å². The fraction of sp³-hybridized carbons (Fsp3) is 0.250. The van der Waals surface area contributed by atoms with Gasteiger partial charge in [-0.3, -0.25) is 9.97 Å². The first kappa shape index (κ1) is 33.8. The fourth-order valence-corrected chi connectivity index (χ4v) is 4.86. The number of rotatable bonds is 7. The second kappa shape index (κ2) is 16.2. The number of anilines is 2. The van der Waals surface area contributed by atoms with E-state index in [1.54, 1.807) is 0 Å². The average molecular weight is 585 g/mol. The summed E-state index contributed by atoms with van der Waals surface area (Å²) in [5, 5.41) is 6.22. The molecule has 5 rings (SSSR count). The van der Waals surface area contributed by atoms with Gasteiger partial charge < -0.3 is 11.1 Å². The number of nitrogens with one attached hydrogen (secondary N) is 1. The number of hydrogen-bond acceptors (Lipinski definition) is 4. The molecule has 3 N–H and O–H groups in total. The molecule has 2 aromatic heterocycles. The minimum atomic E-state index is 0.116. The number of fused-ring (bicyclic) bond motifs is 1. The third-order valence-electron chi connectivity index (χ3n) is 7.53. The molecule has 0 fully saturated rings. The molecule has 0 bridgehead atoms. The van der Waals surface area contributed by atoms with Gasteiger partial charge in [-0.05, 0) is 103 Å². The molecule has 0 spiro atoms. The van der Waals surface area contributed by atoms with Crippen LogP contribution < -0.4 is 11.1 Å². The van der Waals surface area contributed by atoms with E-state index in [2.05, 4.69) is 136 Å². The summed E-state index contributed by atoms with van der Waals surface area (Å²) in [6, 6.07) is 28.1. The molecule has 0 aliphatic heterocycles. The molecule has 0 saturated heterocycles. The molecule has 0 aliphatic carbocycles. The van der Waals surface area contributed by atoms with Crippen LogP contribution in [-0.2, 0) is 18.3 Å². The van der Waals surface area contributed by atoms with Crippen molar-refractivity contribution >= 4 is 22.1 Å². The Labute approximate surface area is 264 Å². The first-order chi connectivity index (χ1) is 21.1. The smallest absolute Gasteiger partial charge is 0.0464 e. The molecule has 5 aromatic rings. The molecule has 0 radical (unpaired) electrons. The number of allylic oxidation sites excluding steroid dienone is 1. The highest BCUT2D eigenvalue weighted by Crippen LogP contribution is 2.36. The van der Waals surface area contributed by atoms with Gasteiger partial charge in [0.05, 0.1) is 0 Å². The van der Waals surface area contributed by atoms with Crippen LogP contribution in [0.5, 0.6) is 0 Å². The highest BCUT2D eigenvalue weighted by molar-refractivity contribution is 6.04. The van der Waals surface area contributed by atoms with Crippen molar-refractivity contribution in [2.24, 2.45) is 5.73 Å². The van der Waals surface area contributed by atoms with Crippen LogP contribution in [0.15, 0.2) is 117 Å². The molecule has 4 nitrogen and oxygen atoms in total. The van der Waals surface area contributed by atoms with Gasteiger partial charge in [0.2, 0.25) is 0 Å². The van der Waals surface area contributed by atoms with Crippen LogP contribution >= 0.6 is 0 Å². The standard InChI is InChI=1S/C29H32N2.C9H11N.C2H5N/c1-7-21-12-13-23(29(4,5)6)17-28(21)31-27-15-14-24(25-10-8-9-11-26(25)27)22-16-19(2)20(3)30-18-22;1-2-3-6-9-7-4-5-8-10-9;1-2-3/h8-18,31H,7H2,1-6H3;2,4-5,7-8H,1,3,6H2;2H,1,3H2. The normalized spacial score (nSPS) is 10.6. The molecule has 3 aromatic carbocycles. The summed E-state index contributed by atoms with van der Waals surface area (Å²) in [6.45, 7) is 20.0. The average Bonchev–Trinajstić information content (AvgIpc) is 3.02. The summed E-state index contributed by atoms with van der Waals surface area (Å²) >= 11 is 0. The van der Waals surface area contributed by atoms with Gasteiger partial charge >= 0.3 is 0 Å². The van der Waals surface area contributed by atoms with E-state index in [-0.39, 0.29) is 5.41 Å². The van der Waals surface area contributed by atoms with Crippen molar-refractivity contribution in [3.05, 3.63) is 145 Å². The summed E-state index contributed by atoms with van der Waals surface area (Å²) in [6.07, 6.45) is 9.98. The van der Waals surface area contributed by atoms with E-state index in [9.17, 15) is 0 Å². The minimum absolute atomic E-state index is 0.116. The molecular weight excluding hydrogens is 536 g/mol. The lowest BCUT2D eigenvalue weighted by Gasteiger charge is -2.22. The van der Waals surface area contributed by atoms with Gasteiger partial charge in [-0.25, -0.2) is 0 Å². The van der Waals surface area contributed by atoms with Gasteiger partial charge in [-0.1, -0.05) is 88.9 Å². The molecule has 0 unspecified atom stereocenters. The van der Waals surface area contributed by atoms with Crippen LogP contribution in [0, 0.1) is 13.8 Å². The number of hydrogen-bond donors (Lipinski definition) is 2. The lowest BCUT2D eigenvalue weighted by molar-refractivity contribution is 0.590. The summed E-state index contributed by atoms with van der Waals surface area (Å²) < 4.78 is 0. The zero-order chi connectivity index (χ0) is 32.1. The highest BCUT2D eigenvalue weighted by Gasteiger charge is 2.16. The number of aromatic nitrogens is 2. The van der Waals surface area contributed by atoms with E-state index in [4.69, 9.17) is 0 Å². The van der Waals surface area contributed by atoms with Gasteiger partial charge in [-0.2, -0.15) is 0 Å². The number of nitrogens with two attached hydrogens (primary N) is 1. The first-order valence-electron chi connectivity index (χ1n) is 15.3. The lowest BCUT2D eigenvalue weighted by atomic mass is 9.86. The Kier molecular flexibility index (Phi) is 12.5. The van der Waals surface area contributed by atoms with Crippen molar-refractivity contribution in [2.45, 2.75) is 66.2 Å². The van der Waals surface area contributed by atoms with Crippen LogP contribution in [0.4, 0.5) is 11.4 Å². The predicted octanol–water partition coefficient (Wildman–Crippen LogP) is 10.4. The third-order valence-corrected chi connectivity index (χ3v) is 7.53. The van der Waals surface area contributed by atoms with Crippen molar-refractivity contribution in [3.63, 3.8) is 0 Å². The summed E-state index contributed by atoms with van der Waals surface area (Å²) in [5.41, 5.74) is 15.6. The quantitative estimate of drug-likeness (QED) is 0.187. The lowest BCUT2D eigenvalue weighted by Crippen LogP contribution is -2.12. The van der Waals surface area contributed by atoms with Crippen molar-refractivity contribution < 1.29 is 0 Å². The zero-order valence-corrected chi connectivity index (χ0v) is 27.3. The second-order valence-corrected chi connectivity index (χ2v) is 11.8. The van der Waals surface area contributed by atoms with E-state index in [0.29, 0.717) is 0 Å². The zero-order valence-electron chi connectivity index (χ0n) is 27.3. The predicted molar refractivity (Wildman–Crippen MR) is 192 cm³/mol. The van der Waals surface area contributed by atoms with E-state index in [1.165, 1.54) is 44.9 Å². The first-order valence-corrected chi connectivity index (χ1v) is 15.3. The summed E-state index contributed by atoms with van der Waals surface area (Å²) in [4.78, 5) is 8.76. The van der Waals surface area contributed by atoms with E-state index in [0.717, 1.165) is 41.9 Å². The topological polar surface area (TPSA) is 63.8 Å². The molecule has 4 heteroatoms. The SMILES string of the molecule is C=CCCc1ccccn1.C=CN.CCc1ccc(C(C)(C)C)cc1Nc1ccc(-c2cnc(C)c(C)c2)c2ccccc12. The number of pyridine rings is 2. The van der Waals surface area contributed by atoms with Crippen molar-refractivity contribution in [2.75, 3.05) is 5.32 Å². The molecule has 228 valence electrons. The maximum atomic E-state index is 4.61. The molecule has 0 aliphatic rings. The number of benzene rings is 3. The fourth-order valence-electron chi connectivity index (χ4n) is 4.86. The van der Waals surface area contributed by atoms with Crippen LogP contribution in [0.3, 0.4) is 0 Å². The molecule has 0 saturated carbocycles. The Morgan fingerprint density at radius 2 is 1.55 bits per heavy atom. The van der Waals surface area contributed by atoms with Crippen LogP contribution in [0.1, 0.15) is 62.2 Å². The molecule has 2 heterocycles. The Balaban J connectivity index is 0.000000340. The Morgan fingerprint density at radius 1 is 0.841 bits per heavy atom. The third kappa shape index (κ3) is 9.15. The number of nitrogens with zero attached hydrogens (tertiary/aromatic N) is 2. The van der Waals surface area contributed by atoms with Gasteiger partial charge in [0.25, 0.3) is 0 Å².